The molecule has 0 aliphatic carbocycles. The molecular weight excluding hydrogens is 224 g/mol. The van der Waals surface area contributed by atoms with Gasteiger partial charge in [0.25, 0.3) is 0 Å². The molecule has 1 aromatic rings. The number of ether oxygens (including phenoxy) is 1. The number of hydrogen-bond acceptors (Lipinski definition) is 3. The van der Waals surface area contributed by atoms with Crippen molar-refractivity contribution in [3.8, 4) is 5.75 Å². The molecule has 1 atom stereocenters. The molecule has 0 radical (unpaired) electrons. The zero-order valence-electron chi connectivity index (χ0n) is 11.9. The van der Waals surface area contributed by atoms with E-state index in [-0.39, 0.29) is 5.54 Å². The van der Waals surface area contributed by atoms with E-state index in [1.165, 1.54) is 12.1 Å². The van der Waals surface area contributed by atoms with Gasteiger partial charge in [0.2, 0.25) is 0 Å². The lowest BCUT2D eigenvalue weighted by molar-refractivity contribution is 0.340. The van der Waals surface area contributed by atoms with Crippen molar-refractivity contribution in [1.29, 1.82) is 0 Å². The van der Waals surface area contributed by atoms with Crippen molar-refractivity contribution in [2.45, 2.75) is 38.8 Å². The van der Waals surface area contributed by atoms with Crippen molar-refractivity contribution in [1.82, 2.24) is 5.32 Å². The Kier molecular flexibility index (Phi) is 3.81. The summed E-state index contributed by atoms with van der Waals surface area (Å²) in [6.45, 7) is 8.30. The van der Waals surface area contributed by atoms with Crippen LogP contribution >= 0.6 is 0 Å². The van der Waals surface area contributed by atoms with Gasteiger partial charge in [-0.1, -0.05) is 0 Å². The topological polar surface area (TPSA) is 24.5 Å². The predicted molar refractivity (Wildman–Crippen MR) is 76.5 cm³/mol. The average molecular weight is 248 g/mol. The van der Waals surface area contributed by atoms with Crippen LogP contribution < -0.4 is 15.0 Å². The molecule has 1 heterocycles. The van der Waals surface area contributed by atoms with Crippen LogP contribution in [-0.4, -0.2) is 31.8 Å². The Bertz CT molecular complexity index is 386. The maximum Gasteiger partial charge on any atom is 0.119 e. The summed E-state index contributed by atoms with van der Waals surface area (Å²) in [5.74, 6) is 0.944. The summed E-state index contributed by atoms with van der Waals surface area (Å²) in [4.78, 5) is 2.36. The lowest BCUT2D eigenvalue weighted by atomic mass is 10.0. The second kappa shape index (κ2) is 5.19. The Morgan fingerprint density at radius 3 is 2.50 bits per heavy atom. The van der Waals surface area contributed by atoms with E-state index >= 15 is 0 Å². The zero-order chi connectivity index (χ0) is 13.2. The summed E-state index contributed by atoms with van der Waals surface area (Å²) in [5.41, 5.74) is 1.51. The van der Waals surface area contributed by atoms with E-state index in [4.69, 9.17) is 4.74 Å². The number of anilines is 1. The maximum absolute atomic E-state index is 5.47. The van der Waals surface area contributed by atoms with Gasteiger partial charge in [-0.05, 0) is 51.5 Å². The summed E-state index contributed by atoms with van der Waals surface area (Å²) in [6.07, 6.45) is 1.18. The number of rotatable bonds is 4. The van der Waals surface area contributed by atoms with Crippen LogP contribution in [0.15, 0.2) is 24.3 Å². The van der Waals surface area contributed by atoms with Gasteiger partial charge in [-0.2, -0.15) is 0 Å². The highest BCUT2D eigenvalue weighted by atomic mass is 16.5. The van der Waals surface area contributed by atoms with Gasteiger partial charge in [0.15, 0.2) is 0 Å². The van der Waals surface area contributed by atoms with Crippen LogP contribution in [0.3, 0.4) is 0 Å². The van der Waals surface area contributed by atoms with Gasteiger partial charge >= 0.3 is 0 Å². The van der Waals surface area contributed by atoms with E-state index in [2.05, 4.69) is 43.2 Å². The minimum absolute atomic E-state index is 0.254. The van der Waals surface area contributed by atoms with Crippen molar-refractivity contribution in [3.63, 3.8) is 0 Å². The summed E-state index contributed by atoms with van der Waals surface area (Å²) >= 11 is 0. The molecule has 1 N–H and O–H groups in total. The SMILES string of the molecule is CCOc1ccc(N(C)C2CNC(C)(C)C2)cc1. The Labute approximate surface area is 110 Å². The highest BCUT2D eigenvalue weighted by Crippen LogP contribution is 2.26. The first-order valence-corrected chi connectivity index (χ1v) is 6.72. The Hall–Kier alpha value is -1.22. The van der Waals surface area contributed by atoms with Gasteiger partial charge in [0.1, 0.15) is 5.75 Å². The first-order chi connectivity index (χ1) is 8.52. The third-order valence-corrected chi connectivity index (χ3v) is 3.66. The second-order valence-electron chi connectivity index (χ2n) is 5.66. The Morgan fingerprint density at radius 1 is 1.33 bits per heavy atom. The van der Waals surface area contributed by atoms with Gasteiger partial charge < -0.3 is 15.0 Å². The molecule has 1 unspecified atom stereocenters. The van der Waals surface area contributed by atoms with Crippen molar-refractivity contribution in [2.24, 2.45) is 0 Å². The monoisotopic (exact) mass is 248 g/mol. The molecule has 18 heavy (non-hydrogen) atoms. The Morgan fingerprint density at radius 2 is 2.00 bits per heavy atom. The van der Waals surface area contributed by atoms with Crippen LogP contribution in [0.4, 0.5) is 5.69 Å². The van der Waals surface area contributed by atoms with Gasteiger partial charge in [0, 0.05) is 30.9 Å². The second-order valence-corrected chi connectivity index (χ2v) is 5.66. The third kappa shape index (κ3) is 2.96. The molecule has 3 heteroatoms. The van der Waals surface area contributed by atoms with Gasteiger partial charge in [0.05, 0.1) is 6.61 Å². The molecule has 0 spiro atoms. The van der Waals surface area contributed by atoms with E-state index in [1.807, 2.05) is 19.1 Å². The van der Waals surface area contributed by atoms with Crippen LogP contribution in [0.2, 0.25) is 0 Å². The molecule has 1 aromatic carbocycles. The number of hydrogen-bond donors (Lipinski definition) is 1. The van der Waals surface area contributed by atoms with Crippen molar-refractivity contribution in [2.75, 3.05) is 25.1 Å². The fourth-order valence-electron chi connectivity index (χ4n) is 2.56. The molecule has 1 saturated heterocycles. The molecular formula is C15H24N2O. The number of likely N-dealkylation sites (N-methyl/N-ethyl adjacent to an activating group) is 1. The normalized spacial score (nSPS) is 21.9. The molecule has 100 valence electrons. The van der Waals surface area contributed by atoms with E-state index < -0.39 is 0 Å². The fraction of sp³-hybridized carbons (Fsp3) is 0.600. The molecule has 0 aromatic heterocycles. The first-order valence-electron chi connectivity index (χ1n) is 6.72. The highest BCUT2D eigenvalue weighted by Gasteiger charge is 2.32. The molecule has 3 nitrogen and oxygen atoms in total. The number of nitrogens with zero attached hydrogens (tertiary/aromatic N) is 1. The average Bonchev–Trinajstić information content (AvgIpc) is 2.70. The standard InChI is InChI=1S/C15H24N2O/c1-5-18-14-8-6-12(7-9-14)17(4)13-10-15(2,3)16-11-13/h6-9,13,16H,5,10-11H2,1-4H3. The summed E-state index contributed by atoms with van der Waals surface area (Å²) < 4.78 is 5.47. The van der Waals surface area contributed by atoms with Gasteiger partial charge in [-0.25, -0.2) is 0 Å². The quantitative estimate of drug-likeness (QED) is 0.886. The van der Waals surface area contributed by atoms with E-state index in [9.17, 15) is 0 Å². The Balaban J connectivity index is 2.03. The fourth-order valence-corrected chi connectivity index (χ4v) is 2.56. The van der Waals surface area contributed by atoms with Gasteiger partial charge in [-0.15, -0.1) is 0 Å². The molecule has 0 amide bonds. The highest BCUT2D eigenvalue weighted by molar-refractivity contribution is 5.49. The van der Waals surface area contributed by atoms with Crippen molar-refractivity contribution >= 4 is 5.69 Å². The first kappa shape index (κ1) is 13.2. The van der Waals surface area contributed by atoms with Crippen LogP contribution in [0.1, 0.15) is 27.2 Å². The summed E-state index contributed by atoms with van der Waals surface area (Å²) in [7, 11) is 2.17. The van der Waals surface area contributed by atoms with Crippen molar-refractivity contribution < 1.29 is 4.74 Å². The van der Waals surface area contributed by atoms with Crippen LogP contribution in [0, 0.1) is 0 Å². The summed E-state index contributed by atoms with van der Waals surface area (Å²) in [5, 5.41) is 3.56. The molecule has 0 saturated carbocycles. The molecule has 0 bridgehead atoms. The lowest BCUT2D eigenvalue weighted by Gasteiger charge is -2.27. The van der Waals surface area contributed by atoms with E-state index in [0.29, 0.717) is 6.04 Å². The lowest BCUT2D eigenvalue weighted by Crippen LogP contribution is -2.33. The molecule has 1 aliphatic rings. The van der Waals surface area contributed by atoms with Gasteiger partial charge in [-0.3, -0.25) is 0 Å². The summed E-state index contributed by atoms with van der Waals surface area (Å²) in [6, 6.07) is 8.93. The van der Waals surface area contributed by atoms with Crippen LogP contribution in [0.25, 0.3) is 0 Å². The van der Waals surface area contributed by atoms with Crippen molar-refractivity contribution in [3.05, 3.63) is 24.3 Å². The van der Waals surface area contributed by atoms with Crippen LogP contribution in [0.5, 0.6) is 5.75 Å². The predicted octanol–water partition coefficient (Wildman–Crippen LogP) is 2.66. The maximum atomic E-state index is 5.47. The number of nitrogens with one attached hydrogen (secondary N) is 1. The molecule has 1 fully saturated rings. The van der Waals surface area contributed by atoms with E-state index in [1.54, 1.807) is 0 Å². The largest absolute Gasteiger partial charge is 0.494 e. The van der Waals surface area contributed by atoms with E-state index in [0.717, 1.165) is 18.9 Å². The molecule has 1 aliphatic heterocycles. The number of benzene rings is 1. The van der Waals surface area contributed by atoms with Crippen LogP contribution in [-0.2, 0) is 0 Å². The minimum Gasteiger partial charge on any atom is -0.494 e. The third-order valence-electron chi connectivity index (χ3n) is 3.66. The zero-order valence-corrected chi connectivity index (χ0v) is 11.9. The minimum atomic E-state index is 0.254. The molecule has 2 rings (SSSR count). The smallest absolute Gasteiger partial charge is 0.119 e.